The van der Waals surface area contributed by atoms with Gasteiger partial charge in [-0.2, -0.15) is 5.26 Å². The number of aromatic nitrogens is 1. The summed E-state index contributed by atoms with van der Waals surface area (Å²) in [5, 5.41) is 20.7. The average Bonchev–Trinajstić information content (AvgIpc) is 2.30. The Hall–Kier alpha value is -1.64. The molecule has 1 aromatic rings. The molecule has 86 valence electrons. The minimum atomic E-state index is -0.00329. The van der Waals surface area contributed by atoms with Gasteiger partial charge in [0.1, 0.15) is 17.6 Å². The molecular formula is C11H15N3O2. The number of nitriles is 1. The molecule has 16 heavy (non-hydrogen) atoms. The van der Waals surface area contributed by atoms with Crippen LogP contribution in [0.25, 0.3) is 0 Å². The van der Waals surface area contributed by atoms with Gasteiger partial charge in [0.25, 0.3) is 0 Å². The van der Waals surface area contributed by atoms with Crippen LogP contribution in [0.4, 0.5) is 5.82 Å². The molecule has 0 aliphatic carbocycles. The number of hydrogen-bond acceptors (Lipinski definition) is 5. The van der Waals surface area contributed by atoms with Crippen LogP contribution < -0.4 is 5.32 Å². The molecule has 1 rings (SSSR count). The molecule has 0 saturated heterocycles. The highest BCUT2D eigenvalue weighted by Gasteiger charge is 2.08. The summed E-state index contributed by atoms with van der Waals surface area (Å²) in [4.78, 5) is 4.09. The van der Waals surface area contributed by atoms with Crippen LogP contribution in [0, 0.1) is 11.3 Å². The summed E-state index contributed by atoms with van der Waals surface area (Å²) in [7, 11) is 1.60. The number of nitrogens with one attached hydrogen (secondary N) is 1. The highest BCUT2D eigenvalue weighted by atomic mass is 16.5. The molecule has 0 radical (unpaired) electrons. The highest BCUT2D eigenvalue weighted by Crippen LogP contribution is 2.07. The maximum absolute atomic E-state index is 8.87. The van der Waals surface area contributed by atoms with Gasteiger partial charge >= 0.3 is 0 Å². The smallest absolute Gasteiger partial charge is 0.142 e. The second-order valence-electron chi connectivity index (χ2n) is 3.33. The Morgan fingerprint density at radius 2 is 2.44 bits per heavy atom. The summed E-state index contributed by atoms with van der Waals surface area (Å²) in [6.45, 7) is 0.567. The molecule has 0 amide bonds. The Kier molecular flexibility index (Phi) is 5.26. The highest BCUT2D eigenvalue weighted by molar-refractivity contribution is 5.39. The Balaban J connectivity index is 2.65. The van der Waals surface area contributed by atoms with Crippen molar-refractivity contribution < 1.29 is 9.84 Å². The number of anilines is 1. The molecule has 5 nitrogen and oxygen atoms in total. The van der Waals surface area contributed by atoms with Gasteiger partial charge in [0.15, 0.2) is 0 Å². The third kappa shape index (κ3) is 3.85. The molecule has 0 saturated carbocycles. The van der Waals surface area contributed by atoms with Crippen LogP contribution >= 0.6 is 0 Å². The molecule has 2 N–H and O–H groups in total. The second kappa shape index (κ2) is 6.77. The SMILES string of the molecule is COCC(CCO)Nc1cccc(C#N)n1. The number of pyridine rings is 1. The maximum Gasteiger partial charge on any atom is 0.142 e. The van der Waals surface area contributed by atoms with Gasteiger partial charge in [0.05, 0.1) is 12.6 Å². The molecule has 1 atom stereocenters. The predicted molar refractivity (Wildman–Crippen MR) is 59.9 cm³/mol. The lowest BCUT2D eigenvalue weighted by molar-refractivity contribution is 0.170. The van der Waals surface area contributed by atoms with Crippen LogP contribution in [0.5, 0.6) is 0 Å². The van der Waals surface area contributed by atoms with Crippen molar-refractivity contribution in [1.29, 1.82) is 5.26 Å². The molecule has 0 aromatic carbocycles. The van der Waals surface area contributed by atoms with Gasteiger partial charge in [-0.15, -0.1) is 0 Å². The monoisotopic (exact) mass is 221 g/mol. The summed E-state index contributed by atoms with van der Waals surface area (Å²) in [6.07, 6.45) is 0.576. The summed E-state index contributed by atoms with van der Waals surface area (Å²) >= 11 is 0. The van der Waals surface area contributed by atoms with Gasteiger partial charge in [-0.05, 0) is 18.6 Å². The van der Waals surface area contributed by atoms with E-state index in [1.165, 1.54) is 0 Å². The van der Waals surface area contributed by atoms with Gasteiger partial charge < -0.3 is 15.2 Å². The normalized spacial score (nSPS) is 11.8. The number of nitrogens with zero attached hydrogens (tertiary/aromatic N) is 2. The van der Waals surface area contributed by atoms with E-state index in [9.17, 15) is 0 Å². The van der Waals surface area contributed by atoms with Gasteiger partial charge in [-0.3, -0.25) is 0 Å². The minimum Gasteiger partial charge on any atom is -0.396 e. The quantitative estimate of drug-likeness (QED) is 0.741. The zero-order chi connectivity index (χ0) is 11.8. The van der Waals surface area contributed by atoms with E-state index in [0.29, 0.717) is 24.5 Å². The van der Waals surface area contributed by atoms with Crippen LogP contribution in [0.3, 0.4) is 0 Å². The summed E-state index contributed by atoms with van der Waals surface area (Å²) in [5.41, 5.74) is 0.366. The van der Waals surface area contributed by atoms with E-state index in [-0.39, 0.29) is 12.6 Å². The van der Waals surface area contributed by atoms with Crippen LogP contribution in [-0.2, 0) is 4.74 Å². The Morgan fingerprint density at radius 3 is 3.06 bits per heavy atom. The van der Waals surface area contributed by atoms with Crippen LogP contribution in [0.1, 0.15) is 12.1 Å². The van der Waals surface area contributed by atoms with Gasteiger partial charge in [-0.25, -0.2) is 4.98 Å². The first-order valence-corrected chi connectivity index (χ1v) is 5.03. The first-order valence-electron chi connectivity index (χ1n) is 5.03. The fraction of sp³-hybridized carbons (Fsp3) is 0.455. The van der Waals surface area contributed by atoms with Gasteiger partial charge in [-0.1, -0.05) is 6.07 Å². The van der Waals surface area contributed by atoms with E-state index in [4.69, 9.17) is 15.1 Å². The fourth-order valence-electron chi connectivity index (χ4n) is 1.34. The zero-order valence-electron chi connectivity index (χ0n) is 9.18. The van der Waals surface area contributed by atoms with Crippen molar-refractivity contribution in [2.24, 2.45) is 0 Å². The first kappa shape index (κ1) is 12.4. The van der Waals surface area contributed by atoms with Crippen molar-refractivity contribution in [1.82, 2.24) is 4.98 Å². The van der Waals surface area contributed by atoms with Crippen LogP contribution in [0.15, 0.2) is 18.2 Å². The molecule has 0 aliphatic rings. The minimum absolute atomic E-state index is 0.00329. The van der Waals surface area contributed by atoms with E-state index in [2.05, 4.69) is 10.3 Å². The van der Waals surface area contributed by atoms with Crippen molar-refractivity contribution in [3.63, 3.8) is 0 Å². The number of methoxy groups -OCH3 is 1. The molecule has 0 spiro atoms. The van der Waals surface area contributed by atoms with Crippen molar-refractivity contribution in [2.45, 2.75) is 12.5 Å². The number of hydrogen-bond donors (Lipinski definition) is 2. The third-order valence-electron chi connectivity index (χ3n) is 2.06. The fourth-order valence-corrected chi connectivity index (χ4v) is 1.34. The summed E-state index contributed by atoms with van der Waals surface area (Å²) < 4.78 is 5.02. The summed E-state index contributed by atoms with van der Waals surface area (Å²) in [6, 6.07) is 7.15. The lowest BCUT2D eigenvalue weighted by Crippen LogP contribution is -2.26. The van der Waals surface area contributed by atoms with E-state index >= 15 is 0 Å². The van der Waals surface area contributed by atoms with Crippen LogP contribution in [-0.4, -0.2) is 36.5 Å². The third-order valence-corrected chi connectivity index (χ3v) is 2.06. The lowest BCUT2D eigenvalue weighted by atomic mass is 10.2. The van der Waals surface area contributed by atoms with Gasteiger partial charge in [0.2, 0.25) is 0 Å². The number of ether oxygens (including phenoxy) is 1. The zero-order valence-corrected chi connectivity index (χ0v) is 9.18. The van der Waals surface area contributed by atoms with Gasteiger partial charge in [0, 0.05) is 13.7 Å². The van der Waals surface area contributed by atoms with E-state index in [1.54, 1.807) is 25.3 Å². The number of rotatable bonds is 6. The van der Waals surface area contributed by atoms with Crippen LogP contribution in [0.2, 0.25) is 0 Å². The molecule has 1 aromatic heterocycles. The second-order valence-corrected chi connectivity index (χ2v) is 3.33. The Labute approximate surface area is 94.7 Å². The maximum atomic E-state index is 8.87. The van der Waals surface area contributed by atoms with E-state index < -0.39 is 0 Å². The van der Waals surface area contributed by atoms with Crippen molar-refractivity contribution in [3.8, 4) is 6.07 Å². The standard InChI is InChI=1S/C11H15N3O2/c1-16-8-10(5-6-15)14-11-4-2-3-9(7-12)13-11/h2-4,10,15H,5-6,8H2,1H3,(H,13,14). The van der Waals surface area contributed by atoms with E-state index in [1.807, 2.05) is 6.07 Å². The molecule has 0 aliphatic heterocycles. The lowest BCUT2D eigenvalue weighted by Gasteiger charge is -2.17. The number of aliphatic hydroxyl groups is 1. The predicted octanol–water partition coefficient (Wildman–Crippen LogP) is 0.763. The summed E-state index contributed by atoms with van der Waals surface area (Å²) in [5.74, 6) is 0.620. The van der Waals surface area contributed by atoms with Crippen molar-refractivity contribution in [2.75, 3.05) is 25.6 Å². The topological polar surface area (TPSA) is 78.2 Å². The molecule has 1 unspecified atom stereocenters. The molecule has 0 bridgehead atoms. The van der Waals surface area contributed by atoms with E-state index in [0.717, 1.165) is 0 Å². The van der Waals surface area contributed by atoms with Crippen molar-refractivity contribution >= 4 is 5.82 Å². The van der Waals surface area contributed by atoms with Crippen molar-refractivity contribution in [3.05, 3.63) is 23.9 Å². The Morgan fingerprint density at radius 1 is 1.62 bits per heavy atom. The molecule has 0 fully saturated rings. The molecular weight excluding hydrogens is 206 g/mol. The molecule has 5 heteroatoms. The first-order chi connectivity index (χ1) is 7.80. The number of aliphatic hydroxyl groups excluding tert-OH is 1. The largest absolute Gasteiger partial charge is 0.396 e. The average molecular weight is 221 g/mol. The molecule has 1 heterocycles. The Bertz CT molecular complexity index is 356.